The van der Waals surface area contributed by atoms with Crippen LogP contribution in [0.5, 0.6) is 23.0 Å². The maximum atomic E-state index is 13.9. The lowest BCUT2D eigenvalue weighted by molar-refractivity contribution is -0.119. The van der Waals surface area contributed by atoms with E-state index in [1.54, 1.807) is 12.1 Å². The minimum atomic E-state index is -4.26. The number of rotatable bonds is 14. The molecule has 0 aliphatic rings. The van der Waals surface area contributed by atoms with Gasteiger partial charge in [-0.25, -0.2) is 8.42 Å². The fourth-order valence-electron chi connectivity index (χ4n) is 3.98. The van der Waals surface area contributed by atoms with Gasteiger partial charge in [0, 0.05) is 17.6 Å². The molecule has 0 aliphatic heterocycles. The van der Waals surface area contributed by atoms with Crippen LogP contribution in [-0.4, -0.2) is 54.8 Å². The average molecular weight is 591 g/mol. The highest BCUT2D eigenvalue weighted by Gasteiger charge is 2.30. The number of nitrogens with zero attached hydrogens (tertiary/aromatic N) is 1. The van der Waals surface area contributed by atoms with E-state index in [1.807, 2.05) is 38.1 Å². The van der Waals surface area contributed by atoms with Crippen LogP contribution in [0.4, 0.5) is 5.69 Å². The molecule has 0 bridgehead atoms. The van der Waals surface area contributed by atoms with Crippen molar-refractivity contribution >= 4 is 33.2 Å². The van der Waals surface area contributed by atoms with Crippen molar-refractivity contribution in [3.05, 3.63) is 71.2 Å². The molecule has 1 amide bonds. The van der Waals surface area contributed by atoms with Gasteiger partial charge in [-0.3, -0.25) is 9.10 Å². The first-order valence-corrected chi connectivity index (χ1v) is 14.5. The second kappa shape index (κ2) is 14.1. The molecule has 9 nitrogen and oxygen atoms in total. The minimum absolute atomic E-state index is 0.0927. The van der Waals surface area contributed by atoms with E-state index < -0.39 is 22.5 Å². The van der Waals surface area contributed by atoms with Gasteiger partial charge < -0.3 is 24.3 Å². The number of nitrogens with one attached hydrogen (secondary N) is 1. The molecule has 0 unspecified atom stereocenters. The Kier molecular flexibility index (Phi) is 10.9. The first-order valence-electron chi connectivity index (χ1n) is 12.7. The number of anilines is 1. The molecular weight excluding hydrogens is 556 g/mol. The van der Waals surface area contributed by atoms with Gasteiger partial charge in [0.2, 0.25) is 5.91 Å². The van der Waals surface area contributed by atoms with Crippen molar-refractivity contribution in [1.82, 2.24) is 5.32 Å². The van der Waals surface area contributed by atoms with Crippen LogP contribution in [0.25, 0.3) is 0 Å². The second-order valence-corrected chi connectivity index (χ2v) is 11.4. The maximum Gasteiger partial charge on any atom is 0.265 e. The molecule has 11 heteroatoms. The first-order chi connectivity index (χ1) is 19.1. The summed E-state index contributed by atoms with van der Waals surface area (Å²) in [6, 6.07) is 16.6. The average Bonchev–Trinajstić information content (AvgIpc) is 2.94. The zero-order valence-corrected chi connectivity index (χ0v) is 24.8. The molecule has 40 heavy (non-hydrogen) atoms. The van der Waals surface area contributed by atoms with Gasteiger partial charge >= 0.3 is 0 Å². The fourth-order valence-corrected chi connectivity index (χ4v) is 5.58. The Hall–Kier alpha value is -3.63. The zero-order chi connectivity index (χ0) is 29.3. The van der Waals surface area contributed by atoms with Gasteiger partial charge in [0.05, 0.1) is 38.0 Å². The number of carbonyl (C=O) groups excluding carboxylic acids is 1. The van der Waals surface area contributed by atoms with Crippen LogP contribution in [0, 0.1) is 0 Å². The van der Waals surface area contributed by atoms with E-state index in [1.165, 1.54) is 45.6 Å². The molecule has 0 aromatic heterocycles. The highest BCUT2D eigenvalue weighted by Crippen LogP contribution is 2.37. The third-order valence-corrected chi connectivity index (χ3v) is 7.89. The van der Waals surface area contributed by atoms with Crippen molar-refractivity contribution in [2.75, 3.05) is 38.7 Å². The summed E-state index contributed by atoms with van der Waals surface area (Å²) in [5.74, 6) is 1.17. The summed E-state index contributed by atoms with van der Waals surface area (Å²) in [7, 11) is 0.0203. The van der Waals surface area contributed by atoms with E-state index in [9.17, 15) is 13.2 Å². The van der Waals surface area contributed by atoms with Gasteiger partial charge in [0.1, 0.15) is 18.0 Å². The third-order valence-electron chi connectivity index (χ3n) is 5.90. The van der Waals surface area contributed by atoms with Crippen LogP contribution in [-0.2, 0) is 21.2 Å². The van der Waals surface area contributed by atoms with E-state index in [2.05, 4.69) is 5.32 Å². The van der Waals surface area contributed by atoms with Gasteiger partial charge in [-0.05, 0) is 74.7 Å². The van der Waals surface area contributed by atoms with Crippen LogP contribution >= 0.6 is 11.6 Å². The number of aryl methyl sites for hydroxylation is 1. The zero-order valence-electron chi connectivity index (χ0n) is 23.3. The molecule has 0 spiro atoms. The number of ether oxygens (including phenoxy) is 4. The molecule has 3 aromatic rings. The molecular formula is C29H35ClN2O7S. The van der Waals surface area contributed by atoms with Gasteiger partial charge in [-0.15, -0.1) is 0 Å². The molecule has 0 aliphatic carbocycles. The monoisotopic (exact) mass is 590 g/mol. The van der Waals surface area contributed by atoms with E-state index in [0.29, 0.717) is 18.7 Å². The predicted octanol–water partition coefficient (Wildman–Crippen LogP) is 5.10. The van der Waals surface area contributed by atoms with Crippen molar-refractivity contribution in [2.45, 2.75) is 37.7 Å². The standard InChI is InChI=1S/C29H35ClN2O7S/c1-20(2)39-23-11-8-21(9-12-23)7-6-16-31-29(33)19-32(25-17-22(30)10-14-26(25)36-3)40(34,35)24-13-15-27(37-4)28(18-24)38-5/h8-15,17-18,20H,6-7,16,19H2,1-5H3,(H,31,33). The SMILES string of the molecule is COc1ccc(S(=O)(=O)N(CC(=O)NCCCc2ccc(OC(C)C)cc2)c2cc(Cl)ccc2OC)cc1OC. The van der Waals surface area contributed by atoms with Crippen LogP contribution in [0.15, 0.2) is 65.6 Å². The molecule has 0 radical (unpaired) electrons. The van der Waals surface area contributed by atoms with E-state index in [-0.39, 0.29) is 33.2 Å². The highest BCUT2D eigenvalue weighted by atomic mass is 35.5. The fraction of sp³-hybridized carbons (Fsp3) is 0.345. The summed E-state index contributed by atoms with van der Waals surface area (Å²) >= 11 is 6.21. The smallest absolute Gasteiger partial charge is 0.265 e. The van der Waals surface area contributed by atoms with Crippen LogP contribution in [0.3, 0.4) is 0 Å². The van der Waals surface area contributed by atoms with Crippen molar-refractivity contribution in [3.8, 4) is 23.0 Å². The van der Waals surface area contributed by atoms with Crippen molar-refractivity contribution in [1.29, 1.82) is 0 Å². The number of halogens is 1. The molecule has 3 rings (SSSR count). The highest BCUT2D eigenvalue weighted by molar-refractivity contribution is 7.92. The largest absolute Gasteiger partial charge is 0.495 e. The molecule has 216 valence electrons. The van der Waals surface area contributed by atoms with Gasteiger partial charge in [-0.2, -0.15) is 0 Å². The first kappa shape index (κ1) is 30.9. The summed E-state index contributed by atoms with van der Waals surface area (Å²) in [5.41, 5.74) is 1.23. The third kappa shape index (κ3) is 7.95. The number of hydrogen-bond acceptors (Lipinski definition) is 7. The Bertz CT molecular complexity index is 1400. The van der Waals surface area contributed by atoms with Gasteiger partial charge in [0.15, 0.2) is 11.5 Å². The Morgan fingerprint density at radius 3 is 2.17 bits per heavy atom. The lowest BCUT2D eigenvalue weighted by atomic mass is 10.1. The maximum absolute atomic E-state index is 13.9. The number of carbonyl (C=O) groups is 1. The Balaban J connectivity index is 1.77. The molecule has 1 N–H and O–H groups in total. The summed E-state index contributed by atoms with van der Waals surface area (Å²) in [6.07, 6.45) is 1.50. The van der Waals surface area contributed by atoms with Crippen LogP contribution in [0.1, 0.15) is 25.8 Å². The number of methoxy groups -OCH3 is 3. The molecule has 0 heterocycles. The molecule has 0 saturated carbocycles. The van der Waals surface area contributed by atoms with Gasteiger partial charge in [0.25, 0.3) is 10.0 Å². The molecule has 0 saturated heterocycles. The van der Waals surface area contributed by atoms with Crippen molar-refractivity contribution in [3.63, 3.8) is 0 Å². The van der Waals surface area contributed by atoms with Crippen molar-refractivity contribution < 1.29 is 32.2 Å². The summed E-state index contributed by atoms with van der Waals surface area (Å²) in [6.45, 7) is 3.81. The molecule has 3 aromatic carbocycles. The van der Waals surface area contributed by atoms with Crippen LogP contribution < -0.4 is 28.6 Å². The van der Waals surface area contributed by atoms with E-state index in [4.69, 9.17) is 30.5 Å². The quantitative estimate of drug-likeness (QED) is 0.261. The lowest BCUT2D eigenvalue weighted by Crippen LogP contribution is -2.41. The second-order valence-electron chi connectivity index (χ2n) is 9.11. The molecule has 0 fully saturated rings. The molecule has 0 atom stereocenters. The number of amides is 1. The lowest BCUT2D eigenvalue weighted by Gasteiger charge is -2.26. The normalized spacial score (nSPS) is 11.2. The predicted molar refractivity (Wildman–Crippen MR) is 156 cm³/mol. The van der Waals surface area contributed by atoms with E-state index in [0.717, 1.165) is 22.0 Å². The van der Waals surface area contributed by atoms with Crippen molar-refractivity contribution in [2.24, 2.45) is 0 Å². The van der Waals surface area contributed by atoms with Gasteiger partial charge in [-0.1, -0.05) is 23.7 Å². The Labute approximate surface area is 241 Å². The number of sulfonamides is 1. The summed E-state index contributed by atoms with van der Waals surface area (Å²) in [4.78, 5) is 12.9. The summed E-state index contributed by atoms with van der Waals surface area (Å²) < 4.78 is 50.3. The Morgan fingerprint density at radius 2 is 1.55 bits per heavy atom. The van der Waals surface area contributed by atoms with E-state index >= 15 is 0 Å². The number of benzene rings is 3. The topological polar surface area (TPSA) is 103 Å². The Morgan fingerprint density at radius 1 is 0.900 bits per heavy atom. The minimum Gasteiger partial charge on any atom is -0.495 e. The number of hydrogen-bond donors (Lipinski definition) is 1. The van der Waals surface area contributed by atoms with Crippen LogP contribution in [0.2, 0.25) is 5.02 Å². The summed E-state index contributed by atoms with van der Waals surface area (Å²) in [5, 5.41) is 3.10.